The van der Waals surface area contributed by atoms with Gasteiger partial charge in [-0.2, -0.15) is 4.31 Å². The lowest BCUT2D eigenvalue weighted by molar-refractivity contribution is 0.220. The summed E-state index contributed by atoms with van der Waals surface area (Å²) < 4.78 is 40.1. The second-order valence-corrected chi connectivity index (χ2v) is 6.91. The Morgan fingerprint density at radius 2 is 1.84 bits per heavy atom. The highest BCUT2D eigenvalue weighted by molar-refractivity contribution is 7.89. The first-order valence-corrected chi connectivity index (χ1v) is 7.78. The molecular weight excluding hydrogens is 267 g/mol. The Hall–Kier alpha value is -0.980. The van der Waals surface area contributed by atoms with Crippen LogP contribution in [-0.4, -0.2) is 37.9 Å². The molecule has 4 nitrogen and oxygen atoms in total. The Labute approximate surface area is 113 Å². The first-order chi connectivity index (χ1) is 8.84. The molecule has 1 heterocycles. The lowest BCUT2D eigenvalue weighted by atomic mass is 10.2. The van der Waals surface area contributed by atoms with Crippen LogP contribution in [0.2, 0.25) is 0 Å². The normalized spacial score (nSPS) is 25.5. The van der Waals surface area contributed by atoms with E-state index in [9.17, 15) is 12.8 Å². The first-order valence-electron chi connectivity index (χ1n) is 6.34. The quantitative estimate of drug-likeness (QED) is 0.896. The van der Waals surface area contributed by atoms with E-state index in [0.29, 0.717) is 18.7 Å². The highest BCUT2D eigenvalue weighted by Gasteiger charge is 2.36. The molecule has 0 radical (unpaired) electrons. The average molecular weight is 286 g/mol. The number of hydrogen-bond donors (Lipinski definition) is 1. The van der Waals surface area contributed by atoms with E-state index in [2.05, 4.69) is 5.32 Å². The molecule has 2 unspecified atom stereocenters. The minimum absolute atomic E-state index is 0.113. The van der Waals surface area contributed by atoms with Crippen LogP contribution in [0.1, 0.15) is 19.4 Å². The van der Waals surface area contributed by atoms with E-state index in [4.69, 9.17) is 0 Å². The van der Waals surface area contributed by atoms with Crippen molar-refractivity contribution in [2.45, 2.75) is 37.8 Å². The fourth-order valence-electron chi connectivity index (χ4n) is 2.61. The summed E-state index contributed by atoms with van der Waals surface area (Å²) in [5.74, 6) is -0.419. The monoisotopic (exact) mass is 286 g/mol. The Kier molecular flexibility index (Phi) is 3.94. The predicted octanol–water partition coefficient (Wildman–Crippen LogP) is 1.51. The van der Waals surface area contributed by atoms with Gasteiger partial charge >= 0.3 is 0 Å². The van der Waals surface area contributed by atoms with Crippen molar-refractivity contribution in [3.05, 3.63) is 29.6 Å². The first kappa shape index (κ1) is 14.4. The number of nitrogens with one attached hydrogen (secondary N) is 1. The molecule has 1 aromatic carbocycles. The van der Waals surface area contributed by atoms with Crippen molar-refractivity contribution >= 4 is 10.0 Å². The maximum Gasteiger partial charge on any atom is 0.243 e. The van der Waals surface area contributed by atoms with Gasteiger partial charge < -0.3 is 5.32 Å². The summed E-state index contributed by atoms with van der Waals surface area (Å²) in [5, 5.41) is 3.20. The molecule has 1 aliphatic rings. The van der Waals surface area contributed by atoms with Crippen LogP contribution in [0.4, 0.5) is 4.39 Å². The van der Waals surface area contributed by atoms with Crippen molar-refractivity contribution in [1.82, 2.24) is 9.62 Å². The van der Waals surface area contributed by atoms with Crippen LogP contribution in [0.3, 0.4) is 0 Å². The number of hydrogen-bond acceptors (Lipinski definition) is 3. The van der Waals surface area contributed by atoms with Crippen molar-refractivity contribution in [3.8, 4) is 0 Å². The molecule has 0 saturated carbocycles. The maximum atomic E-state index is 13.1. The van der Waals surface area contributed by atoms with Gasteiger partial charge in [0.15, 0.2) is 0 Å². The average Bonchev–Trinajstić information content (AvgIpc) is 2.27. The second kappa shape index (κ2) is 5.19. The van der Waals surface area contributed by atoms with Crippen LogP contribution in [0.25, 0.3) is 0 Å². The molecule has 1 aromatic rings. The van der Waals surface area contributed by atoms with Gasteiger partial charge in [0.25, 0.3) is 0 Å². The van der Waals surface area contributed by atoms with Gasteiger partial charge in [-0.25, -0.2) is 12.8 Å². The summed E-state index contributed by atoms with van der Waals surface area (Å²) in [6, 6.07) is 3.57. The maximum absolute atomic E-state index is 13.1. The molecule has 0 aromatic heterocycles. The summed E-state index contributed by atoms with van der Waals surface area (Å²) in [6.07, 6.45) is 0. The van der Waals surface area contributed by atoms with Crippen LogP contribution < -0.4 is 5.32 Å². The highest BCUT2D eigenvalue weighted by Crippen LogP contribution is 2.25. The standard InChI is InChI=1S/C13H19FN2O2S/c1-9-6-12(14)4-5-13(9)19(17,18)16-10(2)7-15-8-11(16)3/h4-6,10-11,15H,7-8H2,1-3H3. The minimum atomic E-state index is -3.58. The molecule has 19 heavy (non-hydrogen) atoms. The topological polar surface area (TPSA) is 49.4 Å². The largest absolute Gasteiger partial charge is 0.314 e. The van der Waals surface area contributed by atoms with Crippen LogP contribution >= 0.6 is 0 Å². The fourth-order valence-corrected chi connectivity index (χ4v) is 4.63. The van der Waals surface area contributed by atoms with Crippen LogP contribution in [-0.2, 0) is 10.0 Å². The van der Waals surface area contributed by atoms with Gasteiger partial charge in [-0.1, -0.05) is 0 Å². The van der Waals surface area contributed by atoms with Crippen molar-refractivity contribution in [2.75, 3.05) is 13.1 Å². The minimum Gasteiger partial charge on any atom is -0.314 e. The summed E-state index contributed by atoms with van der Waals surface area (Å²) >= 11 is 0. The number of halogens is 1. The molecule has 1 N–H and O–H groups in total. The van der Waals surface area contributed by atoms with Crippen molar-refractivity contribution < 1.29 is 12.8 Å². The highest BCUT2D eigenvalue weighted by atomic mass is 32.2. The second-order valence-electron chi connectivity index (χ2n) is 5.10. The number of aryl methyl sites for hydroxylation is 1. The van der Waals surface area contributed by atoms with Crippen LogP contribution in [0.15, 0.2) is 23.1 Å². The number of benzene rings is 1. The summed E-state index contributed by atoms with van der Waals surface area (Å²) in [5.41, 5.74) is 0.443. The summed E-state index contributed by atoms with van der Waals surface area (Å²) in [7, 11) is -3.58. The van der Waals surface area contributed by atoms with E-state index < -0.39 is 15.8 Å². The molecule has 2 rings (SSSR count). The molecule has 2 atom stereocenters. The zero-order valence-corrected chi connectivity index (χ0v) is 12.2. The third-order valence-corrected chi connectivity index (χ3v) is 5.73. The third kappa shape index (κ3) is 2.66. The molecule has 106 valence electrons. The van der Waals surface area contributed by atoms with Gasteiger partial charge in [0, 0.05) is 25.2 Å². The van der Waals surface area contributed by atoms with E-state index in [1.165, 1.54) is 22.5 Å². The van der Waals surface area contributed by atoms with E-state index in [1.54, 1.807) is 6.92 Å². The molecule has 1 aliphatic heterocycles. The molecule has 1 fully saturated rings. The van der Waals surface area contributed by atoms with Gasteiger partial charge in [-0.3, -0.25) is 0 Å². The van der Waals surface area contributed by atoms with Crippen LogP contribution in [0.5, 0.6) is 0 Å². The summed E-state index contributed by atoms with van der Waals surface area (Å²) in [4.78, 5) is 0.189. The third-order valence-electron chi connectivity index (χ3n) is 3.44. The zero-order chi connectivity index (χ0) is 14.2. The lowest BCUT2D eigenvalue weighted by Crippen LogP contribution is -2.57. The molecule has 0 amide bonds. The smallest absolute Gasteiger partial charge is 0.243 e. The van der Waals surface area contributed by atoms with Gasteiger partial charge in [0.05, 0.1) is 4.90 Å². The van der Waals surface area contributed by atoms with Crippen molar-refractivity contribution in [3.63, 3.8) is 0 Å². The number of nitrogens with zero attached hydrogens (tertiary/aromatic N) is 1. The predicted molar refractivity (Wildman–Crippen MR) is 72.0 cm³/mol. The van der Waals surface area contributed by atoms with E-state index >= 15 is 0 Å². The molecule has 0 spiro atoms. The van der Waals surface area contributed by atoms with Gasteiger partial charge in [0.1, 0.15) is 5.82 Å². The Morgan fingerprint density at radius 1 is 1.26 bits per heavy atom. The van der Waals surface area contributed by atoms with Gasteiger partial charge in [-0.05, 0) is 44.5 Å². The molecular formula is C13H19FN2O2S. The molecule has 0 aliphatic carbocycles. The Bertz CT molecular complexity index is 564. The fraction of sp³-hybridized carbons (Fsp3) is 0.538. The van der Waals surface area contributed by atoms with Gasteiger partial charge in [0.2, 0.25) is 10.0 Å². The zero-order valence-electron chi connectivity index (χ0n) is 11.4. The summed E-state index contributed by atoms with van der Waals surface area (Å²) in [6.45, 7) is 6.62. The molecule has 1 saturated heterocycles. The molecule has 6 heteroatoms. The molecule has 0 bridgehead atoms. The lowest BCUT2D eigenvalue weighted by Gasteiger charge is -2.38. The Balaban J connectivity index is 2.46. The number of sulfonamides is 1. The SMILES string of the molecule is Cc1cc(F)ccc1S(=O)(=O)N1C(C)CNCC1C. The van der Waals surface area contributed by atoms with E-state index in [0.717, 1.165) is 0 Å². The number of rotatable bonds is 2. The van der Waals surface area contributed by atoms with Crippen LogP contribution in [0, 0.1) is 12.7 Å². The van der Waals surface area contributed by atoms with E-state index in [1.807, 2.05) is 13.8 Å². The van der Waals surface area contributed by atoms with Gasteiger partial charge in [-0.15, -0.1) is 0 Å². The van der Waals surface area contributed by atoms with Crippen molar-refractivity contribution in [2.24, 2.45) is 0 Å². The number of piperazine rings is 1. The van der Waals surface area contributed by atoms with Crippen molar-refractivity contribution in [1.29, 1.82) is 0 Å². The Morgan fingerprint density at radius 3 is 2.37 bits per heavy atom. The van der Waals surface area contributed by atoms with E-state index in [-0.39, 0.29) is 17.0 Å².